The summed E-state index contributed by atoms with van der Waals surface area (Å²) in [5, 5.41) is 1.58. The first-order chi connectivity index (χ1) is 12.1. The molecule has 0 amide bonds. The van der Waals surface area contributed by atoms with Gasteiger partial charge in [-0.05, 0) is 25.1 Å². The molecule has 4 rings (SSSR count). The van der Waals surface area contributed by atoms with Gasteiger partial charge in [0.1, 0.15) is 11.6 Å². The lowest BCUT2D eigenvalue weighted by molar-refractivity contribution is 0.0965. The Labute approximate surface area is 143 Å². The lowest BCUT2D eigenvalue weighted by atomic mass is 10.1. The Balaban J connectivity index is 1.90. The lowest BCUT2D eigenvalue weighted by Gasteiger charge is -2.07. The second-order valence-corrected chi connectivity index (χ2v) is 5.70. The maximum atomic E-state index is 12.8. The average Bonchev–Trinajstić information content (AvgIpc) is 3.04. The van der Waals surface area contributed by atoms with Gasteiger partial charge >= 0.3 is 0 Å². The van der Waals surface area contributed by atoms with Crippen LogP contribution in [0.5, 0.6) is 0 Å². The predicted molar refractivity (Wildman–Crippen MR) is 96.6 cm³/mol. The summed E-state index contributed by atoms with van der Waals surface area (Å²) in [5.74, 6) is 0.844. The van der Waals surface area contributed by atoms with Gasteiger partial charge in [-0.1, -0.05) is 24.3 Å². The Morgan fingerprint density at radius 1 is 1.12 bits per heavy atom. The number of fused-ring (bicyclic) bond motifs is 3. The second kappa shape index (κ2) is 5.42. The molecule has 0 bridgehead atoms. The molecule has 120 valence electrons. The van der Waals surface area contributed by atoms with Gasteiger partial charge in [-0.15, -0.1) is 0 Å². The van der Waals surface area contributed by atoms with Crippen LogP contribution in [0.25, 0.3) is 26.7 Å². The van der Waals surface area contributed by atoms with Crippen LogP contribution in [-0.4, -0.2) is 20.4 Å². The van der Waals surface area contributed by atoms with Crippen LogP contribution >= 0.6 is 0 Å². The second-order valence-electron chi connectivity index (χ2n) is 5.70. The molecule has 6 heteroatoms. The van der Waals surface area contributed by atoms with E-state index in [0.717, 1.165) is 21.8 Å². The third kappa shape index (κ3) is 2.30. The van der Waals surface area contributed by atoms with Crippen molar-refractivity contribution in [2.45, 2.75) is 6.92 Å². The maximum absolute atomic E-state index is 12.8. The van der Waals surface area contributed by atoms with E-state index in [0.29, 0.717) is 22.9 Å². The van der Waals surface area contributed by atoms with E-state index in [1.54, 1.807) is 42.0 Å². The van der Waals surface area contributed by atoms with Crippen molar-refractivity contribution in [3.05, 3.63) is 71.5 Å². The number of aryl methyl sites for hydroxylation is 1. The Bertz CT molecular complexity index is 1180. The van der Waals surface area contributed by atoms with Gasteiger partial charge in [0, 0.05) is 17.1 Å². The van der Waals surface area contributed by atoms with Crippen LogP contribution < -0.4 is 5.73 Å². The van der Waals surface area contributed by atoms with Crippen LogP contribution in [0, 0.1) is 13.5 Å². The van der Waals surface area contributed by atoms with E-state index in [1.807, 2.05) is 18.2 Å². The van der Waals surface area contributed by atoms with Crippen molar-refractivity contribution in [2.75, 3.05) is 5.73 Å². The van der Waals surface area contributed by atoms with Crippen molar-refractivity contribution >= 4 is 39.2 Å². The fraction of sp³-hybridized carbons (Fsp3) is 0.0526. The Morgan fingerprint density at radius 3 is 2.60 bits per heavy atom. The fourth-order valence-electron chi connectivity index (χ4n) is 2.99. The van der Waals surface area contributed by atoms with Crippen molar-refractivity contribution in [3.8, 4) is 0 Å². The molecule has 2 aromatic heterocycles. The van der Waals surface area contributed by atoms with Crippen LogP contribution in [-0.2, 0) is 0 Å². The van der Waals surface area contributed by atoms with Gasteiger partial charge in [0.15, 0.2) is 5.69 Å². The number of benzene rings is 2. The highest BCUT2D eigenvalue weighted by Crippen LogP contribution is 2.29. The number of nitrogens with zero attached hydrogens (tertiary/aromatic N) is 4. The molecule has 2 heterocycles. The highest BCUT2D eigenvalue weighted by atomic mass is 16.2. The highest BCUT2D eigenvalue weighted by molar-refractivity contribution is 6.13. The average molecular weight is 327 g/mol. The molecule has 0 aliphatic heterocycles. The zero-order chi connectivity index (χ0) is 17.6. The Kier molecular flexibility index (Phi) is 3.22. The van der Waals surface area contributed by atoms with Crippen LogP contribution in [0.3, 0.4) is 0 Å². The number of hydrogen-bond donors (Lipinski definition) is 1. The quantitative estimate of drug-likeness (QED) is 0.541. The predicted octanol–water partition coefficient (Wildman–Crippen LogP) is 3.71. The van der Waals surface area contributed by atoms with Crippen molar-refractivity contribution < 1.29 is 4.79 Å². The van der Waals surface area contributed by atoms with E-state index in [9.17, 15) is 4.79 Å². The molecule has 0 atom stereocenters. The smallest absolute Gasteiger partial charge is 0.262 e. The molecule has 2 aromatic carbocycles. The zero-order valence-corrected chi connectivity index (χ0v) is 13.4. The molecule has 25 heavy (non-hydrogen) atoms. The largest absolute Gasteiger partial charge is 0.383 e. The summed E-state index contributed by atoms with van der Waals surface area (Å²) in [4.78, 5) is 24.8. The first-order valence-electron chi connectivity index (χ1n) is 7.64. The van der Waals surface area contributed by atoms with Gasteiger partial charge in [0.05, 0.1) is 23.0 Å². The van der Waals surface area contributed by atoms with Crippen LogP contribution in [0.2, 0.25) is 0 Å². The lowest BCUT2D eigenvalue weighted by Crippen LogP contribution is -2.10. The number of rotatable bonds is 1. The molecule has 0 fully saturated rings. The summed E-state index contributed by atoms with van der Waals surface area (Å²) >= 11 is 0. The number of nitrogen functional groups attached to an aromatic ring is 1. The molecule has 0 radical (unpaired) electrons. The van der Waals surface area contributed by atoms with Crippen molar-refractivity contribution in [1.82, 2.24) is 14.5 Å². The molecule has 0 saturated carbocycles. The summed E-state index contributed by atoms with van der Waals surface area (Å²) < 4.78 is 1.57. The molecular formula is C19H13N5O. The molecular weight excluding hydrogens is 314 g/mol. The molecule has 2 N–H and O–H groups in total. The SMILES string of the molecule is [C-]#[N+]c1ccc(C(=O)n2ccc3c4c(N)nc(C)nc4ccc32)cc1. The Morgan fingerprint density at radius 2 is 1.88 bits per heavy atom. The maximum Gasteiger partial charge on any atom is 0.262 e. The van der Waals surface area contributed by atoms with Gasteiger partial charge in [0.2, 0.25) is 0 Å². The third-order valence-electron chi connectivity index (χ3n) is 4.13. The van der Waals surface area contributed by atoms with Crippen molar-refractivity contribution in [2.24, 2.45) is 0 Å². The first-order valence-corrected chi connectivity index (χ1v) is 7.64. The number of aromatic nitrogens is 3. The van der Waals surface area contributed by atoms with Crippen LogP contribution in [0.1, 0.15) is 16.2 Å². The van der Waals surface area contributed by atoms with Gasteiger partial charge in [-0.3, -0.25) is 9.36 Å². The summed E-state index contributed by atoms with van der Waals surface area (Å²) in [6, 6.07) is 12.1. The Hall–Kier alpha value is -3.72. The summed E-state index contributed by atoms with van der Waals surface area (Å²) in [6.07, 6.45) is 1.72. The number of hydrogen-bond acceptors (Lipinski definition) is 4. The fourth-order valence-corrected chi connectivity index (χ4v) is 2.99. The normalized spacial score (nSPS) is 10.9. The number of nitrogens with two attached hydrogens (primary N) is 1. The summed E-state index contributed by atoms with van der Waals surface area (Å²) in [7, 11) is 0. The minimum absolute atomic E-state index is 0.169. The third-order valence-corrected chi connectivity index (χ3v) is 4.13. The monoisotopic (exact) mass is 327 g/mol. The van der Waals surface area contributed by atoms with Crippen molar-refractivity contribution in [3.63, 3.8) is 0 Å². The molecule has 6 nitrogen and oxygen atoms in total. The van der Waals surface area contributed by atoms with Crippen molar-refractivity contribution in [1.29, 1.82) is 0 Å². The van der Waals surface area contributed by atoms with Crippen LogP contribution in [0.15, 0.2) is 48.7 Å². The van der Waals surface area contributed by atoms with Crippen LogP contribution in [0.4, 0.5) is 11.5 Å². The molecule has 4 aromatic rings. The van der Waals surface area contributed by atoms with Gasteiger partial charge in [0.25, 0.3) is 5.91 Å². The minimum Gasteiger partial charge on any atom is -0.383 e. The van der Waals surface area contributed by atoms with E-state index in [2.05, 4.69) is 14.8 Å². The van der Waals surface area contributed by atoms with Gasteiger partial charge < -0.3 is 5.73 Å². The summed E-state index contributed by atoms with van der Waals surface area (Å²) in [5.41, 5.74) is 8.59. The van der Waals surface area contributed by atoms with E-state index in [-0.39, 0.29) is 5.91 Å². The summed E-state index contributed by atoms with van der Waals surface area (Å²) in [6.45, 7) is 8.78. The van der Waals surface area contributed by atoms with Gasteiger partial charge in [-0.2, -0.15) is 0 Å². The molecule has 0 unspecified atom stereocenters. The standard InChI is InChI=1S/C19H13N5O/c1-11-22-15-7-8-16-14(17(15)18(20)23-11)9-10-24(16)19(25)12-3-5-13(21-2)6-4-12/h3-10H,1H3,(H2,20,22,23). The van der Waals surface area contributed by atoms with E-state index in [1.165, 1.54) is 0 Å². The molecule has 0 spiro atoms. The highest BCUT2D eigenvalue weighted by Gasteiger charge is 2.15. The number of carbonyl (C=O) groups excluding carboxylic acids is 1. The number of carbonyl (C=O) groups is 1. The first kappa shape index (κ1) is 14.8. The molecule has 0 aliphatic carbocycles. The topological polar surface area (TPSA) is 78.2 Å². The molecule has 0 aliphatic rings. The van der Waals surface area contributed by atoms with E-state index >= 15 is 0 Å². The molecule has 0 saturated heterocycles. The zero-order valence-electron chi connectivity index (χ0n) is 13.4. The minimum atomic E-state index is -0.169. The van der Waals surface area contributed by atoms with E-state index in [4.69, 9.17) is 12.3 Å². The van der Waals surface area contributed by atoms with Gasteiger partial charge in [-0.25, -0.2) is 14.8 Å². The van der Waals surface area contributed by atoms with E-state index < -0.39 is 0 Å². The number of anilines is 1.